The predicted molar refractivity (Wildman–Crippen MR) is 119 cm³/mol. The van der Waals surface area contributed by atoms with Crippen LogP contribution in [0.2, 0.25) is 18.1 Å². The number of unbranched alkanes of at least 4 members (excludes halogenated alkanes) is 8. The third-order valence-electron chi connectivity index (χ3n) is 6.24. The summed E-state index contributed by atoms with van der Waals surface area (Å²) in [5.41, 5.74) is 1.20. The molecule has 0 aliphatic heterocycles. The fraction of sp³-hybridized carbons (Fsp3) is 0.783. The topological polar surface area (TPSA) is 42.2 Å². The van der Waals surface area contributed by atoms with E-state index in [4.69, 9.17) is 4.42 Å². The fourth-order valence-corrected chi connectivity index (χ4v) is 7.68. The molecule has 1 rings (SSSR count). The number of rotatable bonds is 16. The van der Waals surface area contributed by atoms with Crippen molar-refractivity contribution in [2.75, 3.05) is 0 Å². The molecule has 1 heterocycles. The molecular weight excluding hydrogens is 350 g/mol. The van der Waals surface area contributed by atoms with Crippen molar-refractivity contribution < 1.29 is 9.21 Å². The third-order valence-corrected chi connectivity index (χ3v) is 11.7. The van der Waals surface area contributed by atoms with Gasteiger partial charge in [0.15, 0.2) is 0 Å². The van der Waals surface area contributed by atoms with Crippen LogP contribution in [-0.4, -0.2) is 14.0 Å². The Morgan fingerprint density at radius 2 is 1.44 bits per heavy atom. The maximum Gasteiger partial charge on any atom is 0.220 e. The summed E-state index contributed by atoms with van der Waals surface area (Å²) in [5, 5.41) is 4.33. The molecule has 1 aromatic rings. The largest absolute Gasteiger partial charge is 0.474 e. The molecule has 156 valence electrons. The highest BCUT2D eigenvalue weighted by molar-refractivity contribution is 6.91. The first-order valence-electron chi connectivity index (χ1n) is 11.5. The van der Waals surface area contributed by atoms with E-state index in [1.165, 1.54) is 80.4 Å². The Morgan fingerprint density at radius 3 is 2.00 bits per heavy atom. The van der Waals surface area contributed by atoms with Crippen molar-refractivity contribution in [3.63, 3.8) is 0 Å². The summed E-state index contributed by atoms with van der Waals surface area (Å²) in [7, 11) is -1.53. The highest BCUT2D eigenvalue weighted by atomic mass is 28.3. The quantitative estimate of drug-likeness (QED) is 0.256. The van der Waals surface area contributed by atoms with Crippen LogP contribution >= 0.6 is 0 Å². The van der Waals surface area contributed by atoms with E-state index in [0.29, 0.717) is 13.0 Å². The van der Waals surface area contributed by atoms with Gasteiger partial charge in [-0.25, -0.2) is 0 Å². The van der Waals surface area contributed by atoms with E-state index in [1.807, 2.05) is 0 Å². The van der Waals surface area contributed by atoms with Crippen LogP contribution in [0.5, 0.6) is 0 Å². The van der Waals surface area contributed by atoms with Gasteiger partial charge in [0.1, 0.15) is 8.07 Å². The van der Waals surface area contributed by atoms with Crippen molar-refractivity contribution in [2.45, 2.75) is 117 Å². The first-order chi connectivity index (χ1) is 13.1. The summed E-state index contributed by atoms with van der Waals surface area (Å²) < 4.78 is 5.91. The molecule has 0 atom stereocenters. The molecule has 3 nitrogen and oxygen atoms in total. The van der Waals surface area contributed by atoms with Crippen molar-refractivity contribution in [3.05, 3.63) is 17.9 Å². The zero-order valence-corrected chi connectivity index (χ0v) is 19.4. The van der Waals surface area contributed by atoms with Gasteiger partial charge in [-0.1, -0.05) is 97.2 Å². The van der Waals surface area contributed by atoms with E-state index in [0.717, 1.165) is 6.42 Å². The van der Waals surface area contributed by atoms with E-state index >= 15 is 0 Å². The van der Waals surface area contributed by atoms with E-state index < -0.39 is 8.07 Å². The maximum absolute atomic E-state index is 12.2. The van der Waals surface area contributed by atoms with E-state index in [2.05, 4.69) is 39.1 Å². The van der Waals surface area contributed by atoms with Crippen LogP contribution in [-0.2, 0) is 11.3 Å². The molecule has 0 aromatic carbocycles. The molecule has 1 N–H and O–H groups in total. The molecule has 0 fully saturated rings. The summed E-state index contributed by atoms with van der Waals surface area (Å²) in [4.78, 5) is 12.2. The van der Waals surface area contributed by atoms with E-state index in [9.17, 15) is 4.79 Å². The van der Waals surface area contributed by atoms with Crippen molar-refractivity contribution >= 4 is 19.4 Å². The number of carbonyl (C=O) groups is 1. The molecule has 0 unspecified atom stereocenters. The minimum absolute atomic E-state index is 0.182. The smallest absolute Gasteiger partial charge is 0.220 e. The van der Waals surface area contributed by atoms with Crippen molar-refractivity contribution in [1.82, 2.24) is 5.32 Å². The van der Waals surface area contributed by atoms with Gasteiger partial charge in [0.25, 0.3) is 0 Å². The molecule has 0 aliphatic carbocycles. The summed E-state index contributed by atoms with van der Waals surface area (Å²) >= 11 is 0. The SMILES string of the molecule is CCCCCCCCCCCC(=O)NCc1ccoc1[Si](CC)(CC)CC. The van der Waals surface area contributed by atoms with Crippen LogP contribution in [0, 0.1) is 0 Å². The molecule has 1 amide bonds. The normalized spacial score (nSPS) is 11.7. The molecular formula is C23H43NO2Si. The molecule has 0 aliphatic rings. The van der Waals surface area contributed by atoms with Gasteiger partial charge >= 0.3 is 0 Å². The summed E-state index contributed by atoms with van der Waals surface area (Å²) in [5.74, 6) is 0.182. The number of hydrogen-bond acceptors (Lipinski definition) is 2. The van der Waals surface area contributed by atoms with Crippen LogP contribution in [0.15, 0.2) is 16.7 Å². The van der Waals surface area contributed by atoms with Gasteiger partial charge in [-0.05, 0) is 12.5 Å². The molecule has 27 heavy (non-hydrogen) atoms. The van der Waals surface area contributed by atoms with Gasteiger partial charge in [-0.2, -0.15) is 0 Å². The number of hydrogen-bond donors (Lipinski definition) is 1. The van der Waals surface area contributed by atoms with Crippen LogP contribution < -0.4 is 10.7 Å². The molecule has 0 spiro atoms. The second-order valence-corrected chi connectivity index (χ2v) is 13.1. The predicted octanol–water partition coefficient (Wildman–Crippen LogP) is 6.53. The van der Waals surface area contributed by atoms with Gasteiger partial charge in [-0.3, -0.25) is 4.79 Å². The lowest BCUT2D eigenvalue weighted by Gasteiger charge is -2.26. The lowest BCUT2D eigenvalue weighted by molar-refractivity contribution is -0.121. The van der Waals surface area contributed by atoms with E-state index in [-0.39, 0.29) is 5.91 Å². The van der Waals surface area contributed by atoms with E-state index in [1.54, 1.807) is 6.26 Å². The zero-order chi connectivity index (χ0) is 20.0. The van der Waals surface area contributed by atoms with Crippen LogP contribution in [0.25, 0.3) is 0 Å². The Hall–Kier alpha value is -1.03. The van der Waals surface area contributed by atoms with Crippen molar-refractivity contribution in [2.24, 2.45) is 0 Å². The van der Waals surface area contributed by atoms with Crippen LogP contribution in [0.4, 0.5) is 0 Å². The second kappa shape index (κ2) is 14.0. The standard InChI is InChI=1S/C23H43NO2Si/c1-5-9-10-11-12-13-14-15-16-17-22(25)24-20-21-18-19-26-23(21)27(6-2,7-3)8-4/h18-19H,5-17,20H2,1-4H3,(H,24,25). The lowest BCUT2D eigenvalue weighted by Crippen LogP contribution is -2.47. The summed E-state index contributed by atoms with van der Waals surface area (Å²) in [6.45, 7) is 9.74. The van der Waals surface area contributed by atoms with Gasteiger partial charge in [0.05, 0.1) is 11.6 Å². The average molecular weight is 394 g/mol. The number of carbonyl (C=O) groups excluding carboxylic acids is 1. The minimum Gasteiger partial charge on any atom is -0.474 e. The molecule has 0 bridgehead atoms. The Labute approximate surface area is 168 Å². The number of nitrogens with one attached hydrogen (secondary N) is 1. The number of amides is 1. The maximum atomic E-state index is 12.2. The first-order valence-corrected chi connectivity index (χ1v) is 14.1. The van der Waals surface area contributed by atoms with Gasteiger partial charge in [-0.15, -0.1) is 0 Å². The molecule has 0 saturated carbocycles. The van der Waals surface area contributed by atoms with Crippen LogP contribution in [0.3, 0.4) is 0 Å². The average Bonchev–Trinajstić information content (AvgIpc) is 3.16. The third kappa shape index (κ3) is 8.24. The molecule has 4 heteroatoms. The minimum atomic E-state index is -1.53. The highest BCUT2D eigenvalue weighted by Gasteiger charge is 2.34. The fourth-order valence-electron chi connectivity index (χ4n) is 4.05. The zero-order valence-electron chi connectivity index (χ0n) is 18.4. The van der Waals surface area contributed by atoms with Crippen molar-refractivity contribution in [1.29, 1.82) is 0 Å². The highest BCUT2D eigenvalue weighted by Crippen LogP contribution is 2.22. The Balaban J connectivity index is 2.25. The van der Waals surface area contributed by atoms with Crippen molar-refractivity contribution in [3.8, 4) is 0 Å². The molecule has 0 saturated heterocycles. The Morgan fingerprint density at radius 1 is 0.889 bits per heavy atom. The van der Waals surface area contributed by atoms with Gasteiger partial charge < -0.3 is 9.73 Å². The second-order valence-electron chi connectivity index (χ2n) is 7.97. The Bertz CT molecular complexity index is 500. The number of furan rings is 1. The molecule has 1 aromatic heterocycles. The van der Waals surface area contributed by atoms with Gasteiger partial charge in [0.2, 0.25) is 5.91 Å². The molecule has 0 radical (unpaired) electrons. The first kappa shape index (κ1) is 24.0. The summed E-state index contributed by atoms with van der Waals surface area (Å²) in [6.07, 6.45) is 14.0. The Kier molecular flexibility index (Phi) is 12.5. The monoisotopic (exact) mass is 393 g/mol. The lowest BCUT2D eigenvalue weighted by atomic mass is 10.1. The van der Waals surface area contributed by atoms with Crippen LogP contribution in [0.1, 0.15) is 97.5 Å². The summed E-state index contributed by atoms with van der Waals surface area (Å²) in [6, 6.07) is 5.66. The van der Waals surface area contributed by atoms with Gasteiger partial charge in [0, 0.05) is 18.5 Å².